The summed E-state index contributed by atoms with van der Waals surface area (Å²) in [5.41, 5.74) is 0. The fourth-order valence-corrected chi connectivity index (χ4v) is 8.17. The van der Waals surface area contributed by atoms with Crippen LogP contribution < -0.4 is 5.32 Å². The Labute approximate surface area is 427 Å². The SMILES string of the molecule is CC/C=C\C/C=C\C/C=C\C/C=C\C/C=C\C/C=C\C/C=C\C/C=C\CCCCC(=O)NC(COC1OC(CO)C(O)C(O)C1O)C(O)/C=C/CCCCCCCCCCCCCCCCCCCC. The first-order valence-corrected chi connectivity index (χ1v) is 28.1. The molecule has 7 atom stereocenters. The van der Waals surface area contributed by atoms with Crippen molar-refractivity contribution in [2.45, 2.75) is 256 Å². The summed E-state index contributed by atoms with van der Waals surface area (Å²) in [6.07, 6.45) is 65.7. The van der Waals surface area contributed by atoms with Crippen LogP contribution >= 0.6 is 0 Å². The van der Waals surface area contributed by atoms with Crippen LogP contribution in [0.25, 0.3) is 0 Å². The summed E-state index contributed by atoms with van der Waals surface area (Å²) >= 11 is 0. The van der Waals surface area contributed by atoms with E-state index < -0.39 is 49.5 Å². The summed E-state index contributed by atoms with van der Waals surface area (Å²) in [6.45, 7) is 3.64. The number of amides is 1. The van der Waals surface area contributed by atoms with Crippen LogP contribution in [0.5, 0.6) is 0 Å². The molecule has 1 amide bonds. The molecule has 0 saturated carbocycles. The summed E-state index contributed by atoms with van der Waals surface area (Å²) in [4.78, 5) is 13.0. The van der Waals surface area contributed by atoms with Crippen LogP contribution in [0.2, 0.25) is 0 Å². The Hall–Kier alpha value is -3.15. The lowest BCUT2D eigenvalue weighted by Crippen LogP contribution is -2.60. The summed E-state index contributed by atoms with van der Waals surface area (Å²) in [6, 6.07) is -0.837. The molecule has 0 aromatic rings. The quantitative estimate of drug-likeness (QED) is 0.0261. The van der Waals surface area contributed by atoms with Crippen LogP contribution in [0.1, 0.15) is 213 Å². The molecule has 1 fully saturated rings. The van der Waals surface area contributed by atoms with E-state index in [-0.39, 0.29) is 18.9 Å². The van der Waals surface area contributed by atoms with Gasteiger partial charge in [-0.25, -0.2) is 0 Å². The number of carbonyl (C=O) groups is 1. The number of allylic oxidation sites excluding steroid dienone is 17. The van der Waals surface area contributed by atoms with Crippen molar-refractivity contribution in [3.8, 4) is 0 Å². The maximum Gasteiger partial charge on any atom is 0.220 e. The largest absolute Gasteiger partial charge is 0.394 e. The number of aliphatic hydroxyl groups excluding tert-OH is 5. The zero-order valence-corrected chi connectivity index (χ0v) is 44.2. The Morgan fingerprint density at radius 2 is 0.886 bits per heavy atom. The maximum atomic E-state index is 13.0. The fourth-order valence-electron chi connectivity index (χ4n) is 8.17. The second kappa shape index (κ2) is 49.4. The standard InChI is InChI=1S/C61H103NO8/c1-3-5-7-9-11-13-15-17-19-21-23-25-26-27-28-29-30-31-33-35-37-39-41-43-45-47-49-51-57(65)62-54(53-69-61-60(68)59(67)58(66)56(52-63)70-61)55(64)50-48-46-44-42-40-38-36-34-32-24-22-20-18-16-14-12-10-8-6-4-2/h5,7,11,13,17,19,23,25,27-28,30-31,35,37,41,43,48,50,54-56,58-61,63-64,66-68H,3-4,6,8-10,12,14-16,18,20-22,24,26,29,32-34,36,38-40,42,44-47,49,51-53H2,1-2H3,(H,62,65)/b7-5-,13-11-,19-17-,25-23-,28-27-,31-30-,37-35-,43-41-,50-48+. The van der Waals surface area contributed by atoms with E-state index in [1.54, 1.807) is 6.08 Å². The van der Waals surface area contributed by atoms with Gasteiger partial charge in [0.25, 0.3) is 0 Å². The highest BCUT2D eigenvalue weighted by Crippen LogP contribution is 2.23. The van der Waals surface area contributed by atoms with Crippen LogP contribution in [-0.4, -0.2) is 87.5 Å². The number of ether oxygens (including phenoxy) is 2. The molecule has 0 spiro atoms. The summed E-state index contributed by atoms with van der Waals surface area (Å²) in [5.74, 6) is -0.223. The molecule has 0 bridgehead atoms. The minimum Gasteiger partial charge on any atom is -0.394 e. The second-order valence-electron chi connectivity index (χ2n) is 19.0. The summed E-state index contributed by atoms with van der Waals surface area (Å²) in [5, 5.41) is 54.5. The van der Waals surface area contributed by atoms with Crippen molar-refractivity contribution in [1.82, 2.24) is 5.32 Å². The number of nitrogens with one attached hydrogen (secondary N) is 1. The number of hydrogen-bond acceptors (Lipinski definition) is 8. The van der Waals surface area contributed by atoms with E-state index in [0.717, 1.165) is 83.5 Å². The van der Waals surface area contributed by atoms with Gasteiger partial charge in [-0.05, 0) is 83.5 Å². The number of aliphatic hydroxyl groups is 5. The molecule has 9 heteroatoms. The van der Waals surface area contributed by atoms with Gasteiger partial charge in [0.05, 0.1) is 25.4 Å². The summed E-state index contributed by atoms with van der Waals surface area (Å²) < 4.78 is 11.2. The van der Waals surface area contributed by atoms with Crippen LogP contribution in [0.4, 0.5) is 0 Å². The molecule has 0 radical (unpaired) electrons. The molecule has 9 nitrogen and oxygen atoms in total. The molecule has 0 aromatic heterocycles. The zero-order valence-electron chi connectivity index (χ0n) is 44.2. The second-order valence-corrected chi connectivity index (χ2v) is 19.0. The molecule has 6 N–H and O–H groups in total. The molecule has 70 heavy (non-hydrogen) atoms. The van der Waals surface area contributed by atoms with Crippen molar-refractivity contribution in [2.75, 3.05) is 13.2 Å². The normalized spacial score (nSPS) is 20.2. The highest BCUT2D eigenvalue weighted by Gasteiger charge is 2.44. The molecule has 1 aliphatic rings. The van der Waals surface area contributed by atoms with Crippen molar-refractivity contribution in [2.24, 2.45) is 0 Å². The predicted octanol–water partition coefficient (Wildman–Crippen LogP) is 13.8. The van der Waals surface area contributed by atoms with E-state index in [4.69, 9.17) is 9.47 Å². The lowest BCUT2D eigenvalue weighted by molar-refractivity contribution is -0.302. The van der Waals surface area contributed by atoms with E-state index in [9.17, 15) is 30.3 Å². The number of hydrogen-bond donors (Lipinski definition) is 6. The highest BCUT2D eigenvalue weighted by molar-refractivity contribution is 5.76. The molecule has 1 aliphatic heterocycles. The Balaban J connectivity index is 2.32. The van der Waals surface area contributed by atoms with Crippen LogP contribution in [0.3, 0.4) is 0 Å². The molecule has 1 rings (SSSR count). The first kappa shape index (κ1) is 64.9. The Morgan fingerprint density at radius 3 is 1.31 bits per heavy atom. The lowest BCUT2D eigenvalue weighted by Gasteiger charge is -2.40. The Morgan fingerprint density at radius 1 is 0.500 bits per heavy atom. The average Bonchev–Trinajstić information content (AvgIpc) is 3.36. The van der Waals surface area contributed by atoms with Gasteiger partial charge in [-0.3, -0.25) is 4.79 Å². The van der Waals surface area contributed by atoms with Gasteiger partial charge in [0.2, 0.25) is 5.91 Å². The molecule has 400 valence electrons. The van der Waals surface area contributed by atoms with E-state index in [2.05, 4.69) is 116 Å². The molecule has 0 aliphatic carbocycles. The van der Waals surface area contributed by atoms with Gasteiger partial charge in [0.15, 0.2) is 6.29 Å². The molecule has 1 saturated heterocycles. The zero-order chi connectivity index (χ0) is 50.8. The maximum absolute atomic E-state index is 13.0. The summed E-state index contributed by atoms with van der Waals surface area (Å²) in [7, 11) is 0. The van der Waals surface area contributed by atoms with Crippen LogP contribution in [-0.2, 0) is 14.3 Å². The van der Waals surface area contributed by atoms with Gasteiger partial charge in [-0.15, -0.1) is 0 Å². The third-order valence-corrected chi connectivity index (χ3v) is 12.6. The minimum absolute atomic E-state index is 0.213. The van der Waals surface area contributed by atoms with Crippen LogP contribution in [0.15, 0.2) is 109 Å². The van der Waals surface area contributed by atoms with Crippen molar-refractivity contribution in [3.05, 3.63) is 109 Å². The van der Waals surface area contributed by atoms with Gasteiger partial charge in [-0.2, -0.15) is 0 Å². The van der Waals surface area contributed by atoms with Gasteiger partial charge in [0, 0.05) is 6.42 Å². The Bertz CT molecular complexity index is 1460. The van der Waals surface area contributed by atoms with Gasteiger partial charge in [-0.1, -0.05) is 232 Å². The fraction of sp³-hybridized carbons (Fsp3) is 0.689. The van der Waals surface area contributed by atoms with Crippen molar-refractivity contribution >= 4 is 5.91 Å². The third-order valence-electron chi connectivity index (χ3n) is 12.6. The Kier molecular flexibility index (Phi) is 45.8. The third kappa shape index (κ3) is 38.5. The van der Waals surface area contributed by atoms with Gasteiger partial charge < -0.3 is 40.3 Å². The topological polar surface area (TPSA) is 149 Å². The highest BCUT2D eigenvalue weighted by atomic mass is 16.7. The van der Waals surface area contributed by atoms with Gasteiger partial charge in [0.1, 0.15) is 24.4 Å². The van der Waals surface area contributed by atoms with Crippen molar-refractivity contribution in [1.29, 1.82) is 0 Å². The first-order chi connectivity index (χ1) is 34.3. The number of rotatable bonds is 46. The molecule has 0 aromatic carbocycles. The lowest BCUT2D eigenvalue weighted by atomic mass is 9.99. The van der Waals surface area contributed by atoms with E-state index >= 15 is 0 Å². The predicted molar refractivity (Wildman–Crippen MR) is 294 cm³/mol. The van der Waals surface area contributed by atoms with E-state index in [0.29, 0.717) is 6.42 Å². The minimum atomic E-state index is -1.58. The van der Waals surface area contributed by atoms with Crippen molar-refractivity contribution in [3.63, 3.8) is 0 Å². The van der Waals surface area contributed by atoms with E-state index in [1.165, 1.54) is 103 Å². The molecular formula is C61H103NO8. The van der Waals surface area contributed by atoms with Crippen molar-refractivity contribution < 1.29 is 39.8 Å². The smallest absolute Gasteiger partial charge is 0.220 e. The monoisotopic (exact) mass is 978 g/mol. The van der Waals surface area contributed by atoms with Gasteiger partial charge >= 0.3 is 0 Å². The molecule has 7 unspecified atom stereocenters. The number of carbonyl (C=O) groups excluding carboxylic acids is 1. The molecule has 1 heterocycles. The van der Waals surface area contributed by atoms with E-state index in [1.807, 2.05) is 6.08 Å². The number of unbranched alkanes of at least 4 members (excludes halogenated alkanes) is 20. The first-order valence-electron chi connectivity index (χ1n) is 28.1. The molecular weight excluding hydrogens is 875 g/mol. The van der Waals surface area contributed by atoms with Crippen LogP contribution in [0, 0.1) is 0 Å². The average molecular weight is 978 g/mol.